The Bertz CT molecular complexity index is 217. The summed E-state index contributed by atoms with van der Waals surface area (Å²) in [5, 5.41) is 0. The summed E-state index contributed by atoms with van der Waals surface area (Å²) in [6, 6.07) is 0. The molecule has 16 heavy (non-hydrogen) atoms. The fourth-order valence-electron chi connectivity index (χ4n) is 2.38. The summed E-state index contributed by atoms with van der Waals surface area (Å²) in [5.41, 5.74) is -0.492. The van der Waals surface area contributed by atoms with Crippen LogP contribution in [0.3, 0.4) is 0 Å². The van der Waals surface area contributed by atoms with Gasteiger partial charge in [-0.15, -0.1) is 0 Å². The lowest BCUT2D eigenvalue weighted by Gasteiger charge is -2.47. The molecule has 2 rings (SSSR count). The van der Waals surface area contributed by atoms with E-state index in [1.165, 1.54) is 0 Å². The van der Waals surface area contributed by atoms with Crippen LogP contribution in [0, 0.1) is 0 Å². The molecule has 0 aliphatic carbocycles. The van der Waals surface area contributed by atoms with Gasteiger partial charge in [0.05, 0.1) is 26.4 Å². The van der Waals surface area contributed by atoms with Gasteiger partial charge in [-0.2, -0.15) is 0 Å². The predicted molar refractivity (Wildman–Crippen MR) is 59.3 cm³/mol. The molecule has 0 spiro atoms. The van der Waals surface area contributed by atoms with Gasteiger partial charge >= 0.3 is 0 Å². The highest BCUT2D eigenvalue weighted by Crippen LogP contribution is 2.20. The van der Waals surface area contributed by atoms with E-state index < -0.39 is 5.66 Å². The molecule has 0 aromatic carbocycles. The summed E-state index contributed by atoms with van der Waals surface area (Å²) in [6.07, 6.45) is 1.06. The third-order valence-electron chi connectivity index (χ3n) is 3.53. The molecule has 2 saturated heterocycles. The lowest BCUT2D eigenvalue weighted by molar-refractivity contribution is -0.146. The molecular weight excluding hydrogens is 208 g/mol. The molecule has 2 aliphatic rings. The molecule has 0 radical (unpaired) electrons. The number of hydrogen-bond donors (Lipinski definition) is 0. The molecule has 5 nitrogen and oxygen atoms in total. The topological polar surface area (TPSA) is 42.0 Å². The SMILES string of the molecule is CC(C=O)(N1CCOCC1)N1CCOCC1. The second-order valence-electron chi connectivity index (χ2n) is 4.41. The zero-order valence-corrected chi connectivity index (χ0v) is 9.85. The van der Waals surface area contributed by atoms with E-state index in [0.29, 0.717) is 26.4 Å². The minimum Gasteiger partial charge on any atom is -0.379 e. The molecule has 0 bridgehead atoms. The molecule has 2 fully saturated rings. The Morgan fingerprint density at radius 2 is 1.31 bits per heavy atom. The first-order valence-corrected chi connectivity index (χ1v) is 5.89. The molecule has 0 amide bonds. The van der Waals surface area contributed by atoms with Crippen molar-refractivity contribution in [2.24, 2.45) is 0 Å². The highest BCUT2D eigenvalue weighted by atomic mass is 16.5. The molecule has 0 saturated carbocycles. The Hall–Kier alpha value is -0.490. The monoisotopic (exact) mass is 228 g/mol. The maximum absolute atomic E-state index is 11.5. The zero-order valence-electron chi connectivity index (χ0n) is 9.85. The van der Waals surface area contributed by atoms with E-state index in [4.69, 9.17) is 9.47 Å². The first-order valence-electron chi connectivity index (χ1n) is 5.89. The molecule has 2 aliphatic heterocycles. The van der Waals surface area contributed by atoms with E-state index in [1.807, 2.05) is 6.92 Å². The van der Waals surface area contributed by atoms with Crippen molar-refractivity contribution in [1.82, 2.24) is 9.80 Å². The third-order valence-corrected chi connectivity index (χ3v) is 3.53. The Morgan fingerprint density at radius 1 is 0.938 bits per heavy atom. The second kappa shape index (κ2) is 5.23. The summed E-state index contributed by atoms with van der Waals surface area (Å²) in [6.45, 7) is 8.16. The van der Waals surface area contributed by atoms with Crippen LogP contribution in [0.5, 0.6) is 0 Å². The van der Waals surface area contributed by atoms with Crippen LogP contribution in [-0.2, 0) is 14.3 Å². The summed E-state index contributed by atoms with van der Waals surface area (Å²) in [7, 11) is 0. The molecule has 92 valence electrons. The van der Waals surface area contributed by atoms with Crippen LogP contribution in [0.2, 0.25) is 0 Å². The molecular formula is C11H20N2O3. The molecule has 0 N–H and O–H groups in total. The van der Waals surface area contributed by atoms with Crippen molar-refractivity contribution in [3.8, 4) is 0 Å². The maximum atomic E-state index is 11.5. The Kier molecular flexibility index (Phi) is 3.91. The van der Waals surface area contributed by atoms with E-state index in [9.17, 15) is 4.79 Å². The molecule has 0 unspecified atom stereocenters. The molecule has 0 aromatic heterocycles. The minimum absolute atomic E-state index is 0.492. The van der Waals surface area contributed by atoms with Crippen molar-refractivity contribution in [2.75, 3.05) is 52.6 Å². The van der Waals surface area contributed by atoms with Gasteiger partial charge in [0.25, 0.3) is 0 Å². The molecule has 2 heterocycles. The van der Waals surface area contributed by atoms with Gasteiger partial charge in [-0.05, 0) is 6.92 Å². The van der Waals surface area contributed by atoms with Gasteiger partial charge in [-0.3, -0.25) is 14.6 Å². The van der Waals surface area contributed by atoms with E-state index >= 15 is 0 Å². The lowest BCUT2D eigenvalue weighted by Crippen LogP contribution is -2.64. The number of ether oxygens (including phenoxy) is 2. The second-order valence-corrected chi connectivity index (χ2v) is 4.41. The smallest absolute Gasteiger partial charge is 0.154 e. The summed E-state index contributed by atoms with van der Waals surface area (Å²) in [4.78, 5) is 15.9. The third kappa shape index (κ3) is 2.27. The normalized spacial score (nSPS) is 25.6. The molecule has 0 atom stereocenters. The fraction of sp³-hybridized carbons (Fsp3) is 0.909. The number of morpholine rings is 2. The number of hydrogen-bond acceptors (Lipinski definition) is 5. The van der Waals surface area contributed by atoms with Gasteiger partial charge < -0.3 is 9.47 Å². The van der Waals surface area contributed by atoms with Crippen LogP contribution in [-0.4, -0.2) is 74.4 Å². The average Bonchev–Trinajstić information content (AvgIpc) is 2.40. The highest BCUT2D eigenvalue weighted by molar-refractivity contribution is 5.63. The van der Waals surface area contributed by atoms with Crippen molar-refractivity contribution < 1.29 is 14.3 Å². The minimum atomic E-state index is -0.492. The van der Waals surface area contributed by atoms with Crippen molar-refractivity contribution in [3.05, 3.63) is 0 Å². The van der Waals surface area contributed by atoms with Crippen LogP contribution in [0.1, 0.15) is 6.92 Å². The predicted octanol–water partition coefficient (Wildman–Crippen LogP) is -0.434. The van der Waals surface area contributed by atoms with Crippen molar-refractivity contribution >= 4 is 6.29 Å². The van der Waals surface area contributed by atoms with E-state index in [2.05, 4.69) is 9.80 Å². The number of carbonyl (C=O) groups excluding carboxylic acids is 1. The van der Waals surface area contributed by atoms with Crippen molar-refractivity contribution in [3.63, 3.8) is 0 Å². The summed E-state index contributed by atoms with van der Waals surface area (Å²) >= 11 is 0. The van der Waals surface area contributed by atoms with Gasteiger partial charge in [0.1, 0.15) is 5.66 Å². The molecule has 0 aromatic rings. The Labute approximate surface area is 96.3 Å². The maximum Gasteiger partial charge on any atom is 0.154 e. The number of nitrogens with zero attached hydrogens (tertiary/aromatic N) is 2. The van der Waals surface area contributed by atoms with Crippen molar-refractivity contribution in [2.45, 2.75) is 12.6 Å². The summed E-state index contributed by atoms with van der Waals surface area (Å²) < 4.78 is 10.7. The number of carbonyl (C=O) groups is 1. The average molecular weight is 228 g/mol. The van der Waals surface area contributed by atoms with Crippen LogP contribution in [0.15, 0.2) is 0 Å². The fourth-order valence-corrected chi connectivity index (χ4v) is 2.38. The van der Waals surface area contributed by atoms with Crippen LogP contribution < -0.4 is 0 Å². The largest absolute Gasteiger partial charge is 0.379 e. The van der Waals surface area contributed by atoms with Gasteiger partial charge in [0.15, 0.2) is 6.29 Å². The Morgan fingerprint density at radius 3 is 1.62 bits per heavy atom. The lowest BCUT2D eigenvalue weighted by atomic mass is 10.1. The van der Waals surface area contributed by atoms with Gasteiger partial charge in [-0.25, -0.2) is 0 Å². The van der Waals surface area contributed by atoms with Crippen LogP contribution in [0.4, 0.5) is 0 Å². The van der Waals surface area contributed by atoms with E-state index in [-0.39, 0.29) is 0 Å². The standard InChI is InChI=1S/C11H20N2O3/c1-11(10-14,12-2-6-15-7-3-12)13-4-8-16-9-5-13/h10H,2-9H2,1H3. The van der Waals surface area contributed by atoms with Gasteiger partial charge in [-0.1, -0.05) is 0 Å². The van der Waals surface area contributed by atoms with E-state index in [0.717, 1.165) is 32.5 Å². The number of rotatable bonds is 3. The highest BCUT2D eigenvalue weighted by Gasteiger charge is 2.39. The number of aldehydes is 1. The van der Waals surface area contributed by atoms with Crippen LogP contribution >= 0.6 is 0 Å². The van der Waals surface area contributed by atoms with Crippen molar-refractivity contribution in [1.29, 1.82) is 0 Å². The van der Waals surface area contributed by atoms with E-state index in [1.54, 1.807) is 0 Å². The van der Waals surface area contributed by atoms with Gasteiger partial charge in [0.2, 0.25) is 0 Å². The quantitative estimate of drug-likeness (QED) is 0.613. The summed E-state index contributed by atoms with van der Waals surface area (Å²) in [5.74, 6) is 0. The first kappa shape index (κ1) is 12.0. The zero-order chi connectivity index (χ0) is 11.4. The first-order chi connectivity index (χ1) is 7.77. The van der Waals surface area contributed by atoms with Gasteiger partial charge in [0, 0.05) is 26.2 Å². The molecule has 5 heteroatoms. The van der Waals surface area contributed by atoms with Crippen LogP contribution in [0.25, 0.3) is 0 Å². The Balaban J connectivity index is 2.06.